The predicted octanol–water partition coefficient (Wildman–Crippen LogP) is 1.81. The second-order valence-electron chi connectivity index (χ2n) is 6.29. The van der Waals surface area contributed by atoms with Gasteiger partial charge < -0.3 is 10.2 Å². The number of halogens is 1. The molecule has 1 N–H and O–H groups in total. The van der Waals surface area contributed by atoms with Crippen LogP contribution < -0.4 is 5.32 Å². The first-order chi connectivity index (χ1) is 7.64. The molecule has 3 rings (SSSR count). The topological polar surface area (TPSA) is 32.3 Å². The molecule has 3 fully saturated rings. The monoisotopic (exact) mass is 258 g/mol. The van der Waals surface area contributed by atoms with Gasteiger partial charge in [0, 0.05) is 18.5 Å². The maximum absolute atomic E-state index is 12.3. The van der Waals surface area contributed by atoms with Crippen molar-refractivity contribution in [3.8, 4) is 0 Å². The van der Waals surface area contributed by atoms with E-state index in [1.807, 2.05) is 0 Å². The predicted molar refractivity (Wildman–Crippen MR) is 70.3 cm³/mol. The lowest BCUT2D eigenvalue weighted by atomic mass is 9.78. The van der Waals surface area contributed by atoms with Crippen LogP contribution in [0.5, 0.6) is 0 Å². The Morgan fingerprint density at radius 3 is 2.35 bits per heavy atom. The Labute approximate surface area is 110 Å². The molecule has 2 saturated heterocycles. The van der Waals surface area contributed by atoms with Crippen molar-refractivity contribution in [1.29, 1.82) is 0 Å². The third-order valence-electron chi connectivity index (χ3n) is 4.91. The first kappa shape index (κ1) is 13.2. The second-order valence-corrected chi connectivity index (χ2v) is 6.29. The van der Waals surface area contributed by atoms with Crippen LogP contribution >= 0.6 is 12.4 Å². The van der Waals surface area contributed by atoms with E-state index < -0.39 is 0 Å². The molecule has 0 aromatic carbocycles. The highest BCUT2D eigenvalue weighted by molar-refractivity contribution is 5.85. The normalized spacial score (nSPS) is 28.9. The first-order valence-corrected chi connectivity index (χ1v) is 6.64. The molecule has 1 aliphatic carbocycles. The average Bonchev–Trinajstić information content (AvgIpc) is 2.92. The molecule has 0 bridgehead atoms. The first-order valence-electron chi connectivity index (χ1n) is 6.64. The van der Waals surface area contributed by atoms with Crippen LogP contribution in [0.1, 0.15) is 39.0 Å². The summed E-state index contributed by atoms with van der Waals surface area (Å²) in [5, 5.41) is 3.42. The van der Waals surface area contributed by atoms with Crippen LogP contribution in [0.25, 0.3) is 0 Å². The molecule has 3 aliphatic rings. The summed E-state index contributed by atoms with van der Waals surface area (Å²) in [4.78, 5) is 14.4. The molecule has 17 heavy (non-hydrogen) atoms. The Bertz CT molecular complexity index is 309. The van der Waals surface area contributed by atoms with Gasteiger partial charge >= 0.3 is 0 Å². The van der Waals surface area contributed by atoms with E-state index in [0.717, 1.165) is 39.0 Å². The summed E-state index contributed by atoms with van der Waals surface area (Å²) < 4.78 is 0. The van der Waals surface area contributed by atoms with Crippen molar-refractivity contribution in [3.05, 3.63) is 0 Å². The van der Waals surface area contributed by atoms with E-state index in [1.54, 1.807) is 0 Å². The van der Waals surface area contributed by atoms with Crippen molar-refractivity contribution >= 4 is 18.3 Å². The summed E-state index contributed by atoms with van der Waals surface area (Å²) in [5.74, 6) is 0.433. The van der Waals surface area contributed by atoms with E-state index in [9.17, 15) is 4.79 Å². The summed E-state index contributed by atoms with van der Waals surface area (Å²) in [6, 6.07) is 0. The third kappa shape index (κ3) is 2.32. The van der Waals surface area contributed by atoms with Gasteiger partial charge in [-0.25, -0.2) is 0 Å². The van der Waals surface area contributed by atoms with Crippen molar-refractivity contribution in [2.45, 2.75) is 39.0 Å². The van der Waals surface area contributed by atoms with E-state index >= 15 is 0 Å². The van der Waals surface area contributed by atoms with Crippen LogP contribution in [0.3, 0.4) is 0 Å². The molecule has 0 unspecified atom stereocenters. The van der Waals surface area contributed by atoms with Crippen LogP contribution in [-0.4, -0.2) is 37.0 Å². The fraction of sp³-hybridized carbons (Fsp3) is 0.923. The Hall–Kier alpha value is -0.280. The van der Waals surface area contributed by atoms with Gasteiger partial charge in [0.15, 0.2) is 0 Å². The fourth-order valence-corrected chi connectivity index (χ4v) is 3.26. The molecular weight excluding hydrogens is 236 g/mol. The Kier molecular flexibility index (Phi) is 3.43. The van der Waals surface area contributed by atoms with Gasteiger partial charge in [-0.05, 0) is 50.6 Å². The number of amides is 1. The minimum atomic E-state index is 0. The Morgan fingerprint density at radius 2 is 1.76 bits per heavy atom. The fourth-order valence-electron chi connectivity index (χ4n) is 3.26. The maximum Gasteiger partial charge on any atom is 0.228 e. The average molecular weight is 259 g/mol. The van der Waals surface area contributed by atoms with Gasteiger partial charge in [-0.1, -0.05) is 6.92 Å². The number of nitrogens with zero attached hydrogens (tertiary/aromatic N) is 1. The van der Waals surface area contributed by atoms with Gasteiger partial charge in [0.1, 0.15) is 0 Å². The van der Waals surface area contributed by atoms with Crippen molar-refractivity contribution in [3.63, 3.8) is 0 Å². The number of likely N-dealkylation sites (tertiary alicyclic amines) is 1. The number of carbonyl (C=O) groups is 1. The van der Waals surface area contributed by atoms with Gasteiger partial charge in [-0.3, -0.25) is 4.79 Å². The molecule has 2 heterocycles. The van der Waals surface area contributed by atoms with Crippen LogP contribution in [-0.2, 0) is 4.79 Å². The second kappa shape index (κ2) is 4.43. The number of nitrogens with one attached hydrogen (secondary N) is 1. The molecule has 0 aromatic rings. The van der Waals surface area contributed by atoms with Crippen LogP contribution in [0.15, 0.2) is 0 Å². The van der Waals surface area contributed by atoms with Gasteiger partial charge in [-0.2, -0.15) is 0 Å². The molecule has 1 amide bonds. The quantitative estimate of drug-likeness (QED) is 0.778. The molecular formula is C13H23ClN2O. The van der Waals surface area contributed by atoms with E-state index in [-0.39, 0.29) is 17.8 Å². The number of hydrogen-bond donors (Lipinski definition) is 1. The van der Waals surface area contributed by atoms with Crippen LogP contribution in [0.4, 0.5) is 0 Å². The highest BCUT2D eigenvalue weighted by atomic mass is 35.5. The van der Waals surface area contributed by atoms with Crippen molar-refractivity contribution in [2.75, 3.05) is 26.2 Å². The molecule has 0 atom stereocenters. The lowest BCUT2D eigenvalue weighted by Gasteiger charge is -2.34. The summed E-state index contributed by atoms with van der Waals surface area (Å²) in [7, 11) is 0. The van der Waals surface area contributed by atoms with Crippen LogP contribution in [0, 0.1) is 10.8 Å². The highest BCUT2D eigenvalue weighted by Gasteiger charge is 2.50. The van der Waals surface area contributed by atoms with Crippen molar-refractivity contribution < 1.29 is 4.79 Å². The molecule has 3 nitrogen and oxygen atoms in total. The van der Waals surface area contributed by atoms with Crippen LogP contribution in [0.2, 0.25) is 0 Å². The minimum Gasteiger partial charge on any atom is -0.342 e. The summed E-state index contributed by atoms with van der Waals surface area (Å²) in [6.07, 6.45) is 5.96. The van der Waals surface area contributed by atoms with E-state index in [4.69, 9.17) is 0 Å². The van der Waals surface area contributed by atoms with Crippen molar-refractivity contribution in [2.24, 2.45) is 10.8 Å². The molecule has 4 heteroatoms. The number of hydrogen-bond acceptors (Lipinski definition) is 2. The molecule has 98 valence electrons. The lowest BCUT2D eigenvalue weighted by Crippen LogP contribution is -2.41. The van der Waals surface area contributed by atoms with Crippen molar-refractivity contribution in [1.82, 2.24) is 10.2 Å². The molecule has 1 saturated carbocycles. The minimum absolute atomic E-state index is 0. The Morgan fingerprint density at radius 1 is 1.12 bits per heavy atom. The molecule has 0 aromatic heterocycles. The van der Waals surface area contributed by atoms with E-state index in [0.29, 0.717) is 11.3 Å². The Balaban J connectivity index is 0.00000108. The molecule has 2 aliphatic heterocycles. The summed E-state index contributed by atoms with van der Waals surface area (Å²) in [6.45, 7) is 6.44. The van der Waals surface area contributed by atoms with Gasteiger partial charge in [0.05, 0.1) is 0 Å². The summed E-state index contributed by atoms with van der Waals surface area (Å²) >= 11 is 0. The van der Waals surface area contributed by atoms with Gasteiger partial charge in [0.25, 0.3) is 0 Å². The third-order valence-corrected chi connectivity index (χ3v) is 4.91. The van der Waals surface area contributed by atoms with E-state index in [2.05, 4.69) is 17.1 Å². The summed E-state index contributed by atoms with van der Waals surface area (Å²) in [5.41, 5.74) is 0.491. The lowest BCUT2D eigenvalue weighted by molar-refractivity contribution is -0.135. The van der Waals surface area contributed by atoms with Gasteiger partial charge in [-0.15, -0.1) is 12.4 Å². The standard InChI is InChI=1S/C13H22N2O.ClH/c1-12(2-3-12)11(16)15-9-6-13(10-15)4-7-14-8-5-13;/h14H,2-10H2,1H3;1H. The number of piperidine rings is 1. The van der Waals surface area contributed by atoms with E-state index in [1.165, 1.54) is 19.3 Å². The highest BCUT2D eigenvalue weighted by Crippen LogP contribution is 2.48. The van der Waals surface area contributed by atoms with Gasteiger partial charge in [0.2, 0.25) is 5.91 Å². The zero-order valence-corrected chi connectivity index (χ0v) is 11.4. The zero-order chi connectivity index (χ0) is 11.2. The molecule has 0 radical (unpaired) electrons. The smallest absolute Gasteiger partial charge is 0.228 e. The number of rotatable bonds is 1. The SMILES string of the molecule is CC1(C(=O)N2CCC3(CCNCC3)C2)CC1.Cl. The largest absolute Gasteiger partial charge is 0.342 e. The maximum atomic E-state index is 12.3. The molecule has 1 spiro atoms. The zero-order valence-electron chi connectivity index (χ0n) is 10.6. The number of carbonyl (C=O) groups excluding carboxylic acids is 1.